The van der Waals surface area contributed by atoms with Crippen molar-refractivity contribution in [3.63, 3.8) is 0 Å². The van der Waals surface area contributed by atoms with E-state index in [1.54, 1.807) is 0 Å². The van der Waals surface area contributed by atoms with Crippen LogP contribution in [0.2, 0.25) is 0 Å². The van der Waals surface area contributed by atoms with Gasteiger partial charge in [-0.1, -0.05) is 244 Å². The van der Waals surface area contributed by atoms with E-state index in [9.17, 15) is 19.5 Å². The molecule has 0 radical (unpaired) electrons. The van der Waals surface area contributed by atoms with Crippen molar-refractivity contribution in [1.82, 2.24) is 0 Å². The van der Waals surface area contributed by atoms with Gasteiger partial charge in [0.25, 0.3) is 0 Å². The molecule has 0 saturated heterocycles. The predicted octanol–water partition coefficient (Wildman–Crippen LogP) is 15.7. The molecule has 0 aromatic rings. The number of aliphatic carboxylic acids is 1. The molecule has 390 valence electrons. The number of carboxylic acids is 1. The Morgan fingerprint density at radius 3 is 1.09 bits per heavy atom. The van der Waals surface area contributed by atoms with E-state index in [2.05, 4.69) is 26.0 Å². The second-order valence-corrected chi connectivity index (χ2v) is 20.9. The first-order chi connectivity index (χ1) is 32.1. The topological polar surface area (TPSA) is 102 Å². The molecular formula is C58H111NO7. The second kappa shape index (κ2) is 49.5. The maximum absolute atomic E-state index is 12.8. The minimum Gasteiger partial charge on any atom is -0.544 e. The molecule has 2 unspecified atom stereocenters. The van der Waals surface area contributed by atoms with Crippen LogP contribution in [0, 0.1) is 0 Å². The second-order valence-electron chi connectivity index (χ2n) is 20.9. The molecule has 0 bridgehead atoms. The molecule has 0 aromatic carbocycles. The third kappa shape index (κ3) is 47.1. The maximum Gasteiger partial charge on any atom is 0.306 e. The summed E-state index contributed by atoms with van der Waals surface area (Å²) in [6.45, 7) is 4.73. The molecule has 0 N–H and O–H groups in total. The van der Waals surface area contributed by atoms with Crippen LogP contribution in [0.5, 0.6) is 0 Å². The minimum atomic E-state index is -1.12. The van der Waals surface area contributed by atoms with Gasteiger partial charge in [-0.2, -0.15) is 0 Å². The van der Waals surface area contributed by atoms with Crippen molar-refractivity contribution in [3.8, 4) is 0 Å². The van der Waals surface area contributed by atoms with E-state index in [1.807, 2.05) is 21.1 Å². The summed E-state index contributed by atoms with van der Waals surface area (Å²) in [6, 6.07) is -0.723. The van der Waals surface area contributed by atoms with E-state index < -0.39 is 18.1 Å². The highest BCUT2D eigenvalue weighted by molar-refractivity contribution is 5.70. The Hall–Kier alpha value is -1.93. The van der Waals surface area contributed by atoms with Crippen LogP contribution in [0.4, 0.5) is 0 Å². The van der Waals surface area contributed by atoms with Crippen LogP contribution in [-0.4, -0.2) is 75.5 Å². The molecule has 66 heavy (non-hydrogen) atoms. The van der Waals surface area contributed by atoms with Crippen LogP contribution in [-0.2, 0) is 28.6 Å². The van der Waals surface area contributed by atoms with Crippen LogP contribution >= 0.6 is 0 Å². The van der Waals surface area contributed by atoms with Crippen molar-refractivity contribution in [2.24, 2.45) is 0 Å². The zero-order valence-electron chi connectivity index (χ0n) is 44.6. The number of unbranched alkanes of at least 4 members (excludes halogenated alkanes) is 37. The molecular weight excluding hydrogens is 823 g/mol. The number of quaternary nitrogens is 1. The molecule has 0 aliphatic rings. The average molecular weight is 935 g/mol. The highest BCUT2D eigenvalue weighted by Crippen LogP contribution is 2.17. The molecule has 0 saturated carbocycles. The Kier molecular flexibility index (Phi) is 48.0. The zero-order valence-corrected chi connectivity index (χ0v) is 44.6. The van der Waals surface area contributed by atoms with Gasteiger partial charge in [-0.25, -0.2) is 0 Å². The number of hydrogen-bond acceptors (Lipinski definition) is 7. The Bertz CT molecular complexity index is 1090. The third-order valence-corrected chi connectivity index (χ3v) is 13.4. The molecule has 0 amide bonds. The molecule has 0 spiro atoms. The predicted molar refractivity (Wildman–Crippen MR) is 278 cm³/mol. The van der Waals surface area contributed by atoms with Crippen LogP contribution < -0.4 is 5.11 Å². The number of hydrogen-bond donors (Lipinski definition) is 0. The number of ether oxygens (including phenoxy) is 3. The van der Waals surface area contributed by atoms with E-state index >= 15 is 0 Å². The number of nitrogens with zero attached hydrogens (tertiary/aromatic N) is 1. The number of carbonyl (C=O) groups excluding carboxylic acids is 3. The van der Waals surface area contributed by atoms with Gasteiger partial charge < -0.3 is 28.6 Å². The fraction of sp³-hybridized carbons (Fsp3) is 0.914. The van der Waals surface area contributed by atoms with Gasteiger partial charge in [0.2, 0.25) is 0 Å². The summed E-state index contributed by atoms with van der Waals surface area (Å²) in [7, 11) is 5.43. The lowest BCUT2D eigenvalue weighted by Crippen LogP contribution is -2.55. The summed E-state index contributed by atoms with van der Waals surface area (Å²) in [5, 5.41) is 11.7. The molecule has 8 nitrogen and oxygen atoms in total. The van der Waals surface area contributed by atoms with Crippen LogP contribution in [0.25, 0.3) is 0 Å². The Morgan fingerprint density at radius 2 is 0.758 bits per heavy atom. The van der Waals surface area contributed by atoms with E-state index in [0.29, 0.717) is 12.8 Å². The van der Waals surface area contributed by atoms with Gasteiger partial charge in [-0.15, -0.1) is 0 Å². The van der Waals surface area contributed by atoms with Crippen LogP contribution in [0.1, 0.15) is 290 Å². The van der Waals surface area contributed by atoms with E-state index in [-0.39, 0.29) is 42.7 Å². The zero-order chi connectivity index (χ0) is 48.4. The van der Waals surface area contributed by atoms with Gasteiger partial charge in [0.05, 0.1) is 40.3 Å². The number of likely N-dealkylation sites (N-methyl/N-ethyl adjacent to an activating group) is 1. The molecule has 0 rings (SSSR count). The van der Waals surface area contributed by atoms with Crippen LogP contribution in [0.15, 0.2) is 12.2 Å². The van der Waals surface area contributed by atoms with E-state index in [4.69, 9.17) is 14.2 Å². The highest BCUT2D eigenvalue weighted by Gasteiger charge is 2.25. The maximum atomic E-state index is 12.8. The molecule has 0 fully saturated rings. The molecule has 0 aliphatic carbocycles. The Morgan fingerprint density at radius 1 is 0.439 bits per heavy atom. The fourth-order valence-corrected chi connectivity index (χ4v) is 8.95. The first-order valence-electron chi connectivity index (χ1n) is 28.7. The molecule has 8 heteroatoms. The number of rotatable bonds is 53. The number of carboxylic acid groups (broad SMARTS) is 1. The van der Waals surface area contributed by atoms with Gasteiger partial charge in [0.1, 0.15) is 12.6 Å². The number of esters is 2. The average Bonchev–Trinajstić information content (AvgIpc) is 3.28. The van der Waals surface area contributed by atoms with Crippen molar-refractivity contribution in [2.75, 3.05) is 41.0 Å². The Balaban J connectivity index is 4.13. The number of carbonyl (C=O) groups is 3. The van der Waals surface area contributed by atoms with Crippen molar-refractivity contribution in [1.29, 1.82) is 0 Å². The van der Waals surface area contributed by atoms with Crippen molar-refractivity contribution in [3.05, 3.63) is 12.2 Å². The smallest absolute Gasteiger partial charge is 0.306 e. The van der Waals surface area contributed by atoms with E-state index in [1.165, 1.54) is 218 Å². The van der Waals surface area contributed by atoms with Gasteiger partial charge in [-0.3, -0.25) is 9.59 Å². The summed E-state index contributed by atoms with van der Waals surface area (Å²) in [5.74, 6) is -1.71. The van der Waals surface area contributed by atoms with Gasteiger partial charge >= 0.3 is 11.9 Å². The quantitative estimate of drug-likeness (QED) is 0.0259. The summed E-state index contributed by atoms with van der Waals surface area (Å²) < 4.78 is 17.3. The molecule has 0 heterocycles. The fourth-order valence-electron chi connectivity index (χ4n) is 8.95. The lowest BCUT2D eigenvalue weighted by Gasteiger charge is -2.34. The Labute approximate surface area is 409 Å². The monoisotopic (exact) mass is 934 g/mol. The highest BCUT2D eigenvalue weighted by atomic mass is 16.6. The number of allylic oxidation sites excluding steroid dienone is 2. The van der Waals surface area contributed by atoms with Crippen molar-refractivity contribution < 1.29 is 38.2 Å². The van der Waals surface area contributed by atoms with Gasteiger partial charge in [0.15, 0.2) is 6.10 Å². The molecule has 0 aliphatic heterocycles. The summed E-state index contributed by atoms with van der Waals surface area (Å²) in [5.41, 5.74) is 0. The largest absolute Gasteiger partial charge is 0.544 e. The normalized spacial score (nSPS) is 12.8. The van der Waals surface area contributed by atoms with Gasteiger partial charge in [-0.05, 0) is 38.5 Å². The SMILES string of the molecule is CCCCCCCCCCCCCC/C=C/CCCCCCCCCC(=O)OCC(COCCC(C(=O)[O-])[N+](C)(C)C)OC(=O)CCCCCCCCCCCCCCCCCCCCC. The summed E-state index contributed by atoms with van der Waals surface area (Å²) >= 11 is 0. The molecule has 2 atom stereocenters. The van der Waals surface area contributed by atoms with E-state index in [0.717, 1.165) is 38.5 Å². The standard InChI is InChI=1S/C58H111NO7/c1-6-8-10-12-14-16-18-20-22-24-26-27-28-29-31-32-34-36-38-40-42-44-46-48-56(60)65-53-54(52-64-51-50-55(58(62)63)59(3,4)5)66-57(61)49-47-45-43-41-39-37-35-33-30-25-23-21-19-17-15-13-11-9-7-2/h29,31,54-55H,6-28,30,32-53H2,1-5H3/b31-29+. The lowest BCUT2D eigenvalue weighted by atomic mass is 10.0. The first kappa shape index (κ1) is 64.1. The lowest BCUT2D eigenvalue weighted by molar-refractivity contribution is -0.889. The first-order valence-corrected chi connectivity index (χ1v) is 28.7. The van der Waals surface area contributed by atoms with Crippen LogP contribution in [0.3, 0.4) is 0 Å². The van der Waals surface area contributed by atoms with Crippen molar-refractivity contribution >= 4 is 17.9 Å². The summed E-state index contributed by atoms with van der Waals surface area (Å²) in [4.78, 5) is 37.1. The summed E-state index contributed by atoms with van der Waals surface area (Å²) in [6.07, 6.45) is 56.8. The third-order valence-electron chi connectivity index (χ3n) is 13.4. The minimum absolute atomic E-state index is 0.0460. The molecule has 0 aromatic heterocycles. The van der Waals surface area contributed by atoms with Crippen molar-refractivity contribution in [2.45, 2.75) is 302 Å². The van der Waals surface area contributed by atoms with Gasteiger partial charge in [0, 0.05) is 19.3 Å².